The summed E-state index contributed by atoms with van der Waals surface area (Å²) in [7, 11) is 0. The second-order valence-corrected chi connectivity index (χ2v) is 2.66. The topological polar surface area (TPSA) is 56.2 Å². The highest BCUT2D eigenvalue weighted by molar-refractivity contribution is 5.85. The van der Waals surface area contributed by atoms with Gasteiger partial charge in [0.2, 0.25) is 0 Å². The van der Waals surface area contributed by atoms with Crippen molar-refractivity contribution >= 4 is 18.1 Å². The predicted octanol–water partition coefficient (Wildman–Crippen LogP) is 0.918. The molecule has 0 radical (unpaired) electrons. The first kappa shape index (κ1) is 9.95. The van der Waals surface area contributed by atoms with Gasteiger partial charge in [-0.3, -0.25) is 0 Å². The van der Waals surface area contributed by atoms with Crippen LogP contribution in [0.15, 0.2) is 18.5 Å². The number of aryl methyl sites for hydroxylation is 1. The van der Waals surface area contributed by atoms with Crippen molar-refractivity contribution in [3.8, 4) is 0 Å². The highest BCUT2D eigenvalue weighted by atomic mass is 35.5. The van der Waals surface area contributed by atoms with Crippen LogP contribution in [0.3, 0.4) is 0 Å². The first-order chi connectivity index (χ1) is 5.83. The number of nitrogens with zero attached hydrogens (tertiary/aromatic N) is 3. The third-order valence-corrected chi connectivity index (χ3v) is 1.90. The Hall–Kier alpha value is -1.13. The molecule has 0 aliphatic heterocycles. The maximum absolute atomic E-state index is 5.57. The number of rotatable bonds is 1. The molecule has 4 nitrogen and oxygen atoms in total. The molecule has 13 heavy (non-hydrogen) atoms. The van der Waals surface area contributed by atoms with Crippen LogP contribution in [-0.2, 0) is 6.54 Å². The Morgan fingerprint density at radius 1 is 1.54 bits per heavy atom. The van der Waals surface area contributed by atoms with Gasteiger partial charge in [-0.05, 0) is 13.0 Å². The lowest BCUT2D eigenvalue weighted by Crippen LogP contribution is -1.98. The van der Waals surface area contributed by atoms with Crippen LogP contribution in [0.2, 0.25) is 0 Å². The number of hydrogen-bond donors (Lipinski definition) is 1. The summed E-state index contributed by atoms with van der Waals surface area (Å²) in [6.45, 7) is 2.43. The van der Waals surface area contributed by atoms with E-state index in [9.17, 15) is 0 Å². The van der Waals surface area contributed by atoms with Crippen molar-refractivity contribution in [1.82, 2.24) is 14.6 Å². The van der Waals surface area contributed by atoms with E-state index in [4.69, 9.17) is 5.73 Å². The van der Waals surface area contributed by atoms with Gasteiger partial charge in [-0.1, -0.05) is 0 Å². The van der Waals surface area contributed by atoms with Crippen LogP contribution < -0.4 is 5.73 Å². The summed E-state index contributed by atoms with van der Waals surface area (Å²) in [6.07, 6.45) is 3.62. The average molecular weight is 199 g/mol. The van der Waals surface area contributed by atoms with E-state index in [0.29, 0.717) is 6.54 Å². The molecule has 2 aromatic rings. The van der Waals surface area contributed by atoms with Crippen molar-refractivity contribution in [3.05, 3.63) is 29.7 Å². The molecule has 0 aliphatic carbocycles. The molecule has 0 fully saturated rings. The van der Waals surface area contributed by atoms with Crippen molar-refractivity contribution in [2.24, 2.45) is 5.73 Å². The number of aromatic nitrogens is 3. The molecule has 0 amide bonds. The SMILES string of the molecule is Cc1nn2cccnc2c1CN.Cl. The van der Waals surface area contributed by atoms with Crippen LogP contribution in [0.4, 0.5) is 0 Å². The molecule has 0 aliphatic rings. The van der Waals surface area contributed by atoms with E-state index in [0.717, 1.165) is 16.9 Å². The summed E-state index contributed by atoms with van der Waals surface area (Å²) in [4.78, 5) is 4.19. The molecule has 0 bridgehead atoms. The van der Waals surface area contributed by atoms with E-state index in [1.54, 1.807) is 10.7 Å². The van der Waals surface area contributed by atoms with Crippen LogP contribution in [0.1, 0.15) is 11.3 Å². The molecule has 5 heteroatoms. The summed E-state index contributed by atoms with van der Waals surface area (Å²) >= 11 is 0. The summed E-state index contributed by atoms with van der Waals surface area (Å²) in [5.74, 6) is 0. The average Bonchev–Trinajstić information content (AvgIpc) is 2.40. The molecule has 2 heterocycles. The predicted molar refractivity (Wildman–Crippen MR) is 52.9 cm³/mol. The summed E-state index contributed by atoms with van der Waals surface area (Å²) < 4.78 is 1.75. The molecule has 0 saturated heterocycles. The van der Waals surface area contributed by atoms with Gasteiger partial charge < -0.3 is 5.73 Å². The molecule has 2 aromatic heterocycles. The van der Waals surface area contributed by atoms with Gasteiger partial charge in [-0.25, -0.2) is 9.50 Å². The van der Waals surface area contributed by atoms with E-state index in [1.807, 2.05) is 19.2 Å². The van der Waals surface area contributed by atoms with Gasteiger partial charge in [0, 0.05) is 24.5 Å². The van der Waals surface area contributed by atoms with E-state index in [1.165, 1.54) is 0 Å². The lowest BCUT2D eigenvalue weighted by Gasteiger charge is -1.92. The molecule has 0 saturated carbocycles. The molecular weight excluding hydrogens is 188 g/mol. The van der Waals surface area contributed by atoms with Crippen LogP contribution in [0, 0.1) is 6.92 Å². The highest BCUT2D eigenvalue weighted by Crippen LogP contribution is 2.10. The molecule has 70 valence electrons. The minimum absolute atomic E-state index is 0. The van der Waals surface area contributed by atoms with Gasteiger partial charge in [0.25, 0.3) is 0 Å². The maximum atomic E-state index is 5.57. The third kappa shape index (κ3) is 1.50. The van der Waals surface area contributed by atoms with Gasteiger partial charge in [-0.15, -0.1) is 12.4 Å². The quantitative estimate of drug-likeness (QED) is 0.742. The lowest BCUT2D eigenvalue weighted by molar-refractivity contribution is 0.916. The zero-order valence-electron chi connectivity index (χ0n) is 7.27. The fraction of sp³-hybridized carbons (Fsp3) is 0.250. The van der Waals surface area contributed by atoms with Crippen LogP contribution in [0.5, 0.6) is 0 Å². The summed E-state index contributed by atoms with van der Waals surface area (Å²) in [6, 6.07) is 1.85. The normalized spacial score (nSPS) is 10.0. The summed E-state index contributed by atoms with van der Waals surface area (Å²) in [5, 5.41) is 4.26. The van der Waals surface area contributed by atoms with Crippen molar-refractivity contribution in [1.29, 1.82) is 0 Å². The Balaban J connectivity index is 0.000000845. The van der Waals surface area contributed by atoms with Crippen LogP contribution >= 0.6 is 12.4 Å². The van der Waals surface area contributed by atoms with Crippen LogP contribution in [0.25, 0.3) is 5.65 Å². The fourth-order valence-electron chi connectivity index (χ4n) is 1.28. The monoisotopic (exact) mass is 198 g/mol. The first-order valence-electron chi connectivity index (χ1n) is 3.82. The Morgan fingerprint density at radius 2 is 2.31 bits per heavy atom. The van der Waals surface area contributed by atoms with E-state index in [-0.39, 0.29) is 12.4 Å². The van der Waals surface area contributed by atoms with Gasteiger partial charge >= 0.3 is 0 Å². The molecule has 0 aromatic carbocycles. The fourth-order valence-corrected chi connectivity index (χ4v) is 1.28. The van der Waals surface area contributed by atoms with Gasteiger partial charge in [0.15, 0.2) is 5.65 Å². The number of halogens is 1. The Kier molecular flexibility index (Phi) is 2.85. The number of fused-ring (bicyclic) bond motifs is 1. The molecule has 0 atom stereocenters. The Morgan fingerprint density at radius 3 is 3.00 bits per heavy atom. The summed E-state index contributed by atoms with van der Waals surface area (Å²) in [5.41, 5.74) is 8.41. The molecule has 2 N–H and O–H groups in total. The molecule has 2 rings (SSSR count). The Labute approximate surface area is 82.2 Å². The Bertz CT molecular complexity index is 409. The van der Waals surface area contributed by atoms with E-state index >= 15 is 0 Å². The zero-order chi connectivity index (χ0) is 8.55. The van der Waals surface area contributed by atoms with Crippen LogP contribution in [-0.4, -0.2) is 14.6 Å². The molecule has 0 unspecified atom stereocenters. The maximum Gasteiger partial charge on any atom is 0.159 e. The van der Waals surface area contributed by atoms with Crippen molar-refractivity contribution in [2.45, 2.75) is 13.5 Å². The standard InChI is InChI=1S/C8H10N4.ClH/c1-6-7(5-9)8-10-3-2-4-12(8)11-6;/h2-4H,5,9H2,1H3;1H. The minimum Gasteiger partial charge on any atom is -0.326 e. The van der Waals surface area contributed by atoms with E-state index < -0.39 is 0 Å². The highest BCUT2D eigenvalue weighted by Gasteiger charge is 2.06. The lowest BCUT2D eigenvalue weighted by atomic mass is 10.2. The third-order valence-electron chi connectivity index (χ3n) is 1.90. The minimum atomic E-state index is 0. The van der Waals surface area contributed by atoms with E-state index in [2.05, 4.69) is 10.1 Å². The first-order valence-corrected chi connectivity index (χ1v) is 3.82. The molecular formula is C8H11ClN4. The number of nitrogens with two attached hydrogens (primary N) is 1. The second-order valence-electron chi connectivity index (χ2n) is 2.66. The van der Waals surface area contributed by atoms with Gasteiger partial charge in [0.1, 0.15) is 0 Å². The van der Waals surface area contributed by atoms with Crippen molar-refractivity contribution < 1.29 is 0 Å². The smallest absolute Gasteiger partial charge is 0.159 e. The van der Waals surface area contributed by atoms with Crippen molar-refractivity contribution in [3.63, 3.8) is 0 Å². The molecule has 0 spiro atoms. The van der Waals surface area contributed by atoms with Crippen molar-refractivity contribution in [2.75, 3.05) is 0 Å². The number of hydrogen-bond acceptors (Lipinski definition) is 3. The zero-order valence-corrected chi connectivity index (χ0v) is 8.08. The second kappa shape index (κ2) is 3.72. The van der Waals surface area contributed by atoms with Gasteiger partial charge in [0.05, 0.1) is 5.69 Å². The largest absolute Gasteiger partial charge is 0.326 e. The van der Waals surface area contributed by atoms with Gasteiger partial charge in [-0.2, -0.15) is 5.10 Å².